The van der Waals surface area contributed by atoms with Crippen LogP contribution in [-0.4, -0.2) is 34.9 Å². The fraction of sp³-hybridized carbons (Fsp3) is 0.294. The predicted molar refractivity (Wildman–Crippen MR) is 107 cm³/mol. The summed E-state index contributed by atoms with van der Waals surface area (Å²) in [6.07, 6.45) is 0. The molecule has 26 heavy (non-hydrogen) atoms. The van der Waals surface area contributed by atoms with Gasteiger partial charge in [0.2, 0.25) is 10.0 Å². The summed E-state index contributed by atoms with van der Waals surface area (Å²) in [4.78, 5) is 0.0403. The quantitative estimate of drug-likeness (QED) is 0.597. The van der Waals surface area contributed by atoms with Gasteiger partial charge in [0, 0.05) is 34.2 Å². The van der Waals surface area contributed by atoms with Gasteiger partial charge in [0.15, 0.2) is 0 Å². The Morgan fingerprint density at radius 3 is 2.38 bits per heavy atom. The lowest BCUT2D eigenvalue weighted by Gasteiger charge is -2.12. The van der Waals surface area contributed by atoms with Crippen molar-refractivity contribution in [1.29, 1.82) is 0 Å². The summed E-state index contributed by atoms with van der Waals surface area (Å²) >= 11 is 13.8. The number of thioether (sulfide) groups is 1. The van der Waals surface area contributed by atoms with Crippen LogP contribution in [0.15, 0.2) is 41.3 Å². The third kappa shape index (κ3) is 5.44. The zero-order valence-corrected chi connectivity index (χ0v) is 17.4. The topological polar surface area (TPSA) is 64.6 Å². The number of benzene rings is 2. The maximum absolute atomic E-state index is 12.5. The van der Waals surface area contributed by atoms with Crippen LogP contribution in [0.5, 0.6) is 11.5 Å². The van der Waals surface area contributed by atoms with E-state index < -0.39 is 10.0 Å². The minimum absolute atomic E-state index is 0.0403. The predicted octanol–water partition coefficient (Wildman–Crippen LogP) is 4.22. The molecule has 1 N–H and O–H groups in total. The molecule has 142 valence electrons. The molecule has 0 aromatic heterocycles. The number of ether oxygens (including phenoxy) is 2. The normalized spacial score (nSPS) is 11.4. The molecular weight excluding hydrogens is 417 g/mol. The molecule has 0 aliphatic rings. The van der Waals surface area contributed by atoms with Crippen LogP contribution in [0.3, 0.4) is 0 Å². The van der Waals surface area contributed by atoms with Gasteiger partial charge in [-0.2, -0.15) is 11.8 Å². The van der Waals surface area contributed by atoms with Crippen LogP contribution in [-0.2, 0) is 15.8 Å². The van der Waals surface area contributed by atoms with Crippen LogP contribution < -0.4 is 14.2 Å². The van der Waals surface area contributed by atoms with Crippen molar-refractivity contribution in [3.8, 4) is 11.5 Å². The molecule has 0 fully saturated rings. The first-order valence-corrected chi connectivity index (χ1v) is 11.0. The lowest BCUT2D eigenvalue weighted by atomic mass is 10.2. The summed E-state index contributed by atoms with van der Waals surface area (Å²) in [5.74, 6) is 1.86. The number of hydrogen-bond donors (Lipinski definition) is 1. The van der Waals surface area contributed by atoms with E-state index in [2.05, 4.69) is 4.72 Å². The zero-order chi connectivity index (χ0) is 19.2. The van der Waals surface area contributed by atoms with Gasteiger partial charge in [-0.1, -0.05) is 29.3 Å². The van der Waals surface area contributed by atoms with Gasteiger partial charge < -0.3 is 9.47 Å². The Labute approximate surface area is 168 Å². The largest absolute Gasteiger partial charge is 0.497 e. The molecule has 0 bridgehead atoms. The van der Waals surface area contributed by atoms with Crippen LogP contribution in [0, 0.1) is 0 Å². The van der Waals surface area contributed by atoms with Gasteiger partial charge in [-0.05, 0) is 29.8 Å². The van der Waals surface area contributed by atoms with Crippen molar-refractivity contribution in [2.24, 2.45) is 0 Å². The van der Waals surface area contributed by atoms with E-state index in [1.165, 1.54) is 32.0 Å². The molecule has 9 heteroatoms. The molecule has 0 aliphatic heterocycles. The van der Waals surface area contributed by atoms with E-state index >= 15 is 0 Å². The number of nitrogens with one attached hydrogen (secondary N) is 1. The van der Waals surface area contributed by atoms with Gasteiger partial charge in [0.05, 0.1) is 14.2 Å². The highest BCUT2D eigenvalue weighted by Gasteiger charge is 2.20. The molecule has 2 aromatic rings. The third-order valence-corrected chi connectivity index (χ3v) is 6.68. The average molecular weight is 436 g/mol. The summed E-state index contributed by atoms with van der Waals surface area (Å²) in [5.41, 5.74) is 0.846. The van der Waals surface area contributed by atoms with Crippen LogP contribution in [0.25, 0.3) is 0 Å². The molecular formula is C17H19Cl2NO4S2. The van der Waals surface area contributed by atoms with E-state index in [4.69, 9.17) is 32.7 Å². The maximum atomic E-state index is 12.5. The van der Waals surface area contributed by atoms with Gasteiger partial charge in [-0.3, -0.25) is 0 Å². The van der Waals surface area contributed by atoms with Crippen LogP contribution in [0.4, 0.5) is 0 Å². The van der Waals surface area contributed by atoms with Crippen molar-refractivity contribution < 1.29 is 17.9 Å². The average Bonchev–Trinajstić information content (AvgIpc) is 2.63. The Balaban J connectivity index is 1.95. The Hall–Kier alpha value is -1.12. The van der Waals surface area contributed by atoms with Crippen molar-refractivity contribution in [1.82, 2.24) is 4.72 Å². The second kappa shape index (κ2) is 9.71. The van der Waals surface area contributed by atoms with Crippen molar-refractivity contribution in [3.05, 3.63) is 52.0 Å². The van der Waals surface area contributed by atoms with Gasteiger partial charge in [-0.15, -0.1) is 0 Å². The first-order valence-electron chi connectivity index (χ1n) is 7.61. The smallest absolute Gasteiger partial charge is 0.244 e. The summed E-state index contributed by atoms with van der Waals surface area (Å²) < 4.78 is 37.8. The zero-order valence-electron chi connectivity index (χ0n) is 14.3. The minimum Gasteiger partial charge on any atom is -0.497 e. The highest BCUT2D eigenvalue weighted by atomic mass is 35.5. The maximum Gasteiger partial charge on any atom is 0.244 e. The molecule has 0 saturated carbocycles. The Bertz CT molecular complexity index is 840. The Kier molecular flexibility index (Phi) is 7.91. The second-order valence-electron chi connectivity index (χ2n) is 5.17. The van der Waals surface area contributed by atoms with Gasteiger partial charge in [0.25, 0.3) is 0 Å². The first kappa shape index (κ1) is 21.2. The molecule has 5 nitrogen and oxygen atoms in total. The summed E-state index contributed by atoms with van der Waals surface area (Å²) in [5, 5.41) is 1.21. The van der Waals surface area contributed by atoms with Crippen molar-refractivity contribution in [2.45, 2.75) is 10.6 Å². The van der Waals surface area contributed by atoms with Gasteiger partial charge in [-0.25, -0.2) is 13.1 Å². The van der Waals surface area contributed by atoms with Gasteiger partial charge >= 0.3 is 0 Å². The highest BCUT2D eigenvalue weighted by molar-refractivity contribution is 7.98. The number of hydrogen-bond acceptors (Lipinski definition) is 5. The molecule has 0 aliphatic carbocycles. The van der Waals surface area contributed by atoms with E-state index in [-0.39, 0.29) is 17.2 Å². The third-order valence-electron chi connectivity index (χ3n) is 3.51. The lowest BCUT2D eigenvalue weighted by Crippen LogP contribution is -2.26. The molecule has 0 heterocycles. The molecule has 0 radical (unpaired) electrons. The molecule has 0 saturated heterocycles. The first-order chi connectivity index (χ1) is 12.4. The summed E-state index contributed by atoms with van der Waals surface area (Å²) in [7, 11) is -0.823. The SMILES string of the molecule is COc1ccc(OC)c(S(=O)(=O)NCCSCc2c(Cl)cccc2Cl)c1. The van der Waals surface area contributed by atoms with E-state index in [9.17, 15) is 8.42 Å². The van der Waals surface area contributed by atoms with Crippen LogP contribution in [0.2, 0.25) is 10.0 Å². The number of rotatable bonds is 9. The van der Waals surface area contributed by atoms with E-state index in [0.717, 1.165) is 5.56 Å². The van der Waals surface area contributed by atoms with Crippen molar-refractivity contribution in [2.75, 3.05) is 26.5 Å². The van der Waals surface area contributed by atoms with E-state index in [1.54, 1.807) is 30.3 Å². The van der Waals surface area contributed by atoms with Gasteiger partial charge in [0.1, 0.15) is 16.4 Å². The Morgan fingerprint density at radius 1 is 1.08 bits per heavy atom. The number of halogens is 2. The van der Waals surface area contributed by atoms with Crippen molar-refractivity contribution in [3.63, 3.8) is 0 Å². The minimum atomic E-state index is -3.72. The standard InChI is InChI=1S/C17H19Cl2NO4S2/c1-23-12-6-7-16(24-2)17(10-12)26(21,22)20-8-9-25-11-13-14(18)4-3-5-15(13)19/h3-7,10,20H,8-9,11H2,1-2H3. The van der Waals surface area contributed by atoms with Crippen molar-refractivity contribution >= 4 is 45.0 Å². The fourth-order valence-electron chi connectivity index (χ4n) is 2.16. The van der Waals surface area contributed by atoms with Crippen LogP contribution >= 0.6 is 35.0 Å². The molecule has 2 rings (SSSR count). The number of sulfonamides is 1. The van der Waals surface area contributed by atoms with Crippen LogP contribution in [0.1, 0.15) is 5.56 Å². The molecule has 0 spiro atoms. The lowest BCUT2D eigenvalue weighted by molar-refractivity contribution is 0.392. The fourth-order valence-corrected chi connectivity index (χ4v) is 5.10. The number of methoxy groups -OCH3 is 2. The Morgan fingerprint density at radius 2 is 1.77 bits per heavy atom. The summed E-state index contributed by atoms with van der Waals surface area (Å²) in [6.45, 7) is 0.259. The monoisotopic (exact) mass is 435 g/mol. The molecule has 0 amide bonds. The molecule has 0 unspecified atom stereocenters. The van der Waals surface area contributed by atoms with E-state index in [0.29, 0.717) is 27.3 Å². The highest BCUT2D eigenvalue weighted by Crippen LogP contribution is 2.29. The second-order valence-corrected chi connectivity index (χ2v) is 8.82. The molecule has 2 aromatic carbocycles. The summed E-state index contributed by atoms with van der Waals surface area (Å²) in [6, 6.07) is 9.97. The molecule has 0 atom stereocenters. The van der Waals surface area contributed by atoms with E-state index in [1.807, 2.05) is 0 Å².